The summed E-state index contributed by atoms with van der Waals surface area (Å²) in [5.74, 6) is 2.85. The molecule has 5 rings (SSSR count). The highest BCUT2D eigenvalue weighted by molar-refractivity contribution is 7.51. The molecule has 0 saturated carbocycles. The first kappa shape index (κ1) is 33.1. The fourth-order valence-electron chi connectivity index (χ4n) is 5.47. The molecule has 0 fully saturated rings. The van der Waals surface area contributed by atoms with Gasteiger partial charge in [0.25, 0.3) is 0 Å². The summed E-state index contributed by atoms with van der Waals surface area (Å²) in [6.45, 7) is 6.83. The quantitative estimate of drug-likeness (QED) is 0.152. The molecule has 0 aromatic heterocycles. The molecule has 1 aliphatic heterocycles. The Morgan fingerprint density at radius 3 is 2.43 bits per heavy atom. The van der Waals surface area contributed by atoms with Crippen molar-refractivity contribution >= 4 is 7.60 Å². The van der Waals surface area contributed by atoms with Gasteiger partial charge >= 0.3 is 7.60 Å². The van der Waals surface area contributed by atoms with Crippen LogP contribution < -0.4 is 18.9 Å². The van der Waals surface area contributed by atoms with E-state index in [1.807, 2.05) is 67.4 Å². The van der Waals surface area contributed by atoms with Crippen LogP contribution in [0.1, 0.15) is 39.8 Å². The largest absolute Gasteiger partial charge is 0.488 e. The van der Waals surface area contributed by atoms with Gasteiger partial charge in [-0.05, 0) is 97.6 Å². The van der Waals surface area contributed by atoms with E-state index < -0.39 is 7.60 Å². The molecular weight excluding hydrogens is 603 g/mol. The van der Waals surface area contributed by atoms with Crippen LogP contribution in [-0.4, -0.2) is 47.7 Å². The minimum absolute atomic E-state index is 0.156. The van der Waals surface area contributed by atoms with Crippen molar-refractivity contribution in [3.8, 4) is 40.2 Å². The van der Waals surface area contributed by atoms with Gasteiger partial charge in [0, 0.05) is 18.2 Å². The second-order valence-corrected chi connectivity index (χ2v) is 13.3. The first-order chi connectivity index (χ1) is 22.1. The highest BCUT2D eigenvalue weighted by atomic mass is 31.2. The molecular formula is C36H39N2O7P. The Bertz CT molecular complexity index is 1780. The van der Waals surface area contributed by atoms with Crippen molar-refractivity contribution in [3.05, 3.63) is 106 Å². The van der Waals surface area contributed by atoms with Gasteiger partial charge in [0.05, 0.1) is 17.8 Å². The Kier molecular flexibility index (Phi) is 10.7. The Labute approximate surface area is 270 Å². The van der Waals surface area contributed by atoms with Crippen LogP contribution in [0.2, 0.25) is 0 Å². The molecule has 0 unspecified atom stereocenters. The molecule has 10 heteroatoms. The third-order valence-electron chi connectivity index (χ3n) is 7.92. The van der Waals surface area contributed by atoms with Crippen LogP contribution in [0, 0.1) is 25.2 Å². The molecule has 0 amide bonds. The smallest absolute Gasteiger partial charge is 0.325 e. The number of nitrogens with zero attached hydrogens (tertiary/aromatic N) is 2. The summed E-state index contributed by atoms with van der Waals surface area (Å²) in [7, 11) is -2.13. The summed E-state index contributed by atoms with van der Waals surface area (Å²) in [5.41, 5.74) is 7.61. The van der Waals surface area contributed by atoms with Crippen LogP contribution in [0.25, 0.3) is 11.1 Å². The van der Waals surface area contributed by atoms with Gasteiger partial charge in [-0.25, -0.2) is 0 Å². The highest BCUT2D eigenvalue weighted by Gasteiger charge is 2.17. The maximum Gasteiger partial charge on any atom is 0.325 e. The molecule has 0 atom stereocenters. The molecule has 2 N–H and O–H groups in total. The molecule has 0 radical (unpaired) electrons. The first-order valence-electron chi connectivity index (χ1n) is 15.2. The standard InChI is InChI=1S/C36H39N2O7P/c1-25-17-31(22-38(3)13-6-16-46(39,40)41)35(44-23-28-8-4-7-27(18-28)21-37)20-34(25)45-24-30-9-5-10-32(26(30)2)29-11-12-33-36(19-29)43-15-14-42-33/h4-5,7-12,17-20H,6,13-16,22-24H2,1-3H3,(H2,39,40,41). The van der Waals surface area contributed by atoms with Gasteiger partial charge in [-0.3, -0.25) is 4.57 Å². The monoisotopic (exact) mass is 642 g/mol. The molecule has 1 aliphatic rings. The van der Waals surface area contributed by atoms with E-state index in [2.05, 4.69) is 25.1 Å². The lowest BCUT2D eigenvalue weighted by atomic mass is 9.96. The molecule has 4 aromatic rings. The van der Waals surface area contributed by atoms with Crippen LogP contribution in [0.15, 0.2) is 72.8 Å². The van der Waals surface area contributed by atoms with Crippen molar-refractivity contribution in [2.45, 2.75) is 40.0 Å². The SMILES string of the molecule is Cc1cc(CN(C)CCCP(=O)(O)O)c(OCc2cccc(C#N)c2)cc1OCc1cccc(-c2ccc3c(c2)OCCO3)c1C. The summed E-state index contributed by atoms with van der Waals surface area (Å²) in [6, 6.07) is 25.6. The number of hydrogen-bond donors (Lipinski definition) is 2. The molecule has 0 bridgehead atoms. The van der Waals surface area contributed by atoms with E-state index in [1.54, 1.807) is 12.1 Å². The first-order valence-corrected chi connectivity index (χ1v) is 17.0. The van der Waals surface area contributed by atoms with Crippen LogP contribution in [-0.2, 0) is 24.3 Å². The lowest BCUT2D eigenvalue weighted by Crippen LogP contribution is -2.20. The van der Waals surface area contributed by atoms with Crippen molar-refractivity contribution in [2.75, 3.05) is 33.0 Å². The zero-order chi connectivity index (χ0) is 32.7. The van der Waals surface area contributed by atoms with Crippen molar-refractivity contribution in [3.63, 3.8) is 0 Å². The van der Waals surface area contributed by atoms with Gasteiger partial charge < -0.3 is 33.6 Å². The van der Waals surface area contributed by atoms with E-state index in [1.165, 1.54) is 0 Å². The lowest BCUT2D eigenvalue weighted by molar-refractivity contribution is 0.171. The number of fused-ring (bicyclic) bond motifs is 1. The minimum Gasteiger partial charge on any atom is -0.488 e. The van der Waals surface area contributed by atoms with Crippen LogP contribution in [0.3, 0.4) is 0 Å². The van der Waals surface area contributed by atoms with Gasteiger partial charge in [0.1, 0.15) is 37.9 Å². The van der Waals surface area contributed by atoms with E-state index >= 15 is 0 Å². The Morgan fingerprint density at radius 1 is 0.891 bits per heavy atom. The Morgan fingerprint density at radius 2 is 1.65 bits per heavy atom. The molecule has 0 aliphatic carbocycles. The molecule has 0 saturated heterocycles. The van der Waals surface area contributed by atoms with Gasteiger partial charge in [0.15, 0.2) is 11.5 Å². The number of rotatable bonds is 13. The predicted octanol–water partition coefficient (Wildman–Crippen LogP) is 6.77. The van der Waals surface area contributed by atoms with E-state index in [4.69, 9.17) is 18.9 Å². The van der Waals surface area contributed by atoms with Gasteiger partial charge in [-0.15, -0.1) is 0 Å². The maximum atomic E-state index is 11.3. The average Bonchev–Trinajstić information content (AvgIpc) is 3.03. The van der Waals surface area contributed by atoms with E-state index in [9.17, 15) is 19.6 Å². The van der Waals surface area contributed by atoms with E-state index in [-0.39, 0.29) is 12.8 Å². The molecule has 4 aromatic carbocycles. The summed E-state index contributed by atoms with van der Waals surface area (Å²) < 4.78 is 35.5. The zero-order valence-corrected chi connectivity index (χ0v) is 27.3. The second-order valence-electron chi connectivity index (χ2n) is 11.5. The van der Waals surface area contributed by atoms with E-state index in [0.717, 1.165) is 50.4 Å². The normalized spacial score (nSPS) is 12.5. The average molecular weight is 643 g/mol. The number of ether oxygens (including phenoxy) is 4. The van der Waals surface area contributed by atoms with Crippen molar-refractivity contribution in [2.24, 2.45) is 0 Å². The number of hydrogen-bond acceptors (Lipinski definition) is 7. The second kappa shape index (κ2) is 14.8. The minimum atomic E-state index is -4.04. The topological polar surface area (TPSA) is 121 Å². The number of nitriles is 1. The predicted molar refractivity (Wildman–Crippen MR) is 176 cm³/mol. The Balaban J connectivity index is 1.35. The van der Waals surface area contributed by atoms with Crippen molar-refractivity contribution in [1.29, 1.82) is 5.26 Å². The van der Waals surface area contributed by atoms with Gasteiger partial charge in [0.2, 0.25) is 0 Å². The molecule has 0 spiro atoms. The van der Waals surface area contributed by atoms with Gasteiger partial charge in [-0.1, -0.05) is 36.4 Å². The zero-order valence-electron chi connectivity index (χ0n) is 26.4. The number of benzene rings is 4. The molecule has 9 nitrogen and oxygen atoms in total. The third kappa shape index (κ3) is 8.68. The highest BCUT2D eigenvalue weighted by Crippen LogP contribution is 2.37. The van der Waals surface area contributed by atoms with Gasteiger partial charge in [-0.2, -0.15) is 5.26 Å². The van der Waals surface area contributed by atoms with Crippen molar-refractivity contribution in [1.82, 2.24) is 4.90 Å². The van der Waals surface area contributed by atoms with Crippen molar-refractivity contribution < 1.29 is 33.3 Å². The molecule has 1 heterocycles. The van der Waals surface area contributed by atoms with Crippen LogP contribution >= 0.6 is 7.60 Å². The summed E-state index contributed by atoms with van der Waals surface area (Å²) in [6.07, 6.45) is 0.222. The fraction of sp³-hybridized carbons (Fsp3) is 0.306. The van der Waals surface area contributed by atoms with Crippen LogP contribution in [0.5, 0.6) is 23.0 Å². The summed E-state index contributed by atoms with van der Waals surface area (Å²) in [5, 5.41) is 9.31. The fourth-order valence-corrected chi connectivity index (χ4v) is 6.02. The molecule has 240 valence electrons. The number of aryl methyl sites for hydroxylation is 1. The van der Waals surface area contributed by atoms with E-state index in [0.29, 0.717) is 56.4 Å². The third-order valence-corrected chi connectivity index (χ3v) is 8.82. The maximum absolute atomic E-state index is 11.3. The molecule has 46 heavy (non-hydrogen) atoms. The summed E-state index contributed by atoms with van der Waals surface area (Å²) >= 11 is 0. The summed E-state index contributed by atoms with van der Waals surface area (Å²) in [4.78, 5) is 20.5. The van der Waals surface area contributed by atoms with Crippen LogP contribution in [0.4, 0.5) is 0 Å². The Hall–Kier alpha value is -4.32. The lowest BCUT2D eigenvalue weighted by Gasteiger charge is -2.22.